The van der Waals surface area contributed by atoms with Crippen LogP contribution in [0.3, 0.4) is 0 Å². The standard InChI is InChI=1S/C17H26N6O2/c24-15(3-1-9-23-13-18-19-20-23)22-10-7-17(12-22)6-2-8-21(16(17)25)11-14-4-5-14/h13-14H,1-12H2/t17-/m0/s1. The molecule has 0 N–H and O–H groups in total. The van der Waals surface area contributed by atoms with Gasteiger partial charge in [-0.2, -0.15) is 0 Å². The molecule has 4 rings (SSSR count). The number of tetrazole rings is 1. The lowest BCUT2D eigenvalue weighted by Crippen LogP contribution is -2.50. The number of carbonyl (C=O) groups is 2. The van der Waals surface area contributed by atoms with Crippen molar-refractivity contribution in [3.8, 4) is 0 Å². The highest BCUT2D eigenvalue weighted by molar-refractivity contribution is 5.86. The minimum atomic E-state index is -0.307. The van der Waals surface area contributed by atoms with E-state index in [1.54, 1.807) is 11.0 Å². The van der Waals surface area contributed by atoms with Gasteiger partial charge in [-0.05, 0) is 54.9 Å². The SMILES string of the molecule is O=C(CCCn1cnnn1)N1CC[C@@]2(CCCN(CC3CC3)C2=O)C1. The van der Waals surface area contributed by atoms with Crippen molar-refractivity contribution in [2.24, 2.45) is 11.3 Å². The number of carbonyl (C=O) groups excluding carboxylic acids is 2. The lowest BCUT2D eigenvalue weighted by molar-refractivity contribution is -0.146. The monoisotopic (exact) mass is 346 g/mol. The van der Waals surface area contributed by atoms with Crippen LogP contribution in [0.4, 0.5) is 0 Å². The van der Waals surface area contributed by atoms with E-state index in [0.29, 0.717) is 32.0 Å². The Hall–Kier alpha value is -1.99. The van der Waals surface area contributed by atoms with Crippen molar-refractivity contribution >= 4 is 11.8 Å². The van der Waals surface area contributed by atoms with E-state index in [0.717, 1.165) is 44.7 Å². The Bertz CT molecular complexity index is 629. The molecule has 0 aromatic carbocycles. The molecule has 2 aliphatic heterocycles. The largest absolute Gasteiger partial charge is 0.342 e. The lowest BCUT2D eigenvalue weighted by atomic mass is 9.78. The first-order valence-corrected chi connectivity index (χ1v) is 9.44. The summed E-state index contributed by atoms with van der Waals surface area (Å²) in [7, 11) is 0. The maximum absolute atomic E-state index is 13.0. The summed E-state index contributed by atoms with van der Waals surface area (Å²) in [6.07, 6.45) is 8.12. The molecule has 8 nitrogen and oxygen atoms in total. The minimum absolute atomic E-state index is 0.150. The van der Waals surface area contributed by atoms with Gasteiger partial charge in [0.25, 0.3) is 0 Å². The Kier molecular flexibility index (Phi) is 4.43. The summed E-state index contributed by atoms with van der Waals surface area (Å²) < 4.78 is 1.64. The van der Waals surface area contributed by atoms with E-state index in [1.165, 1.54) is 12.8 Å². The van der Waals surface area contributed by atoms with Crippen molar-refractivity contribution in [1.82, 2.24) is 30.0 Å². The van der Waals surface area contributed by atoms with Crippen LogP contribution in [0.25, 0.3) is 0 Å². The molecule has 3 fully saturated rings. The third kappa shape index (κ3) is 3.52. The van der Waals surface area contributed by atoms with Gasteiger partial charge in [-0.3, -0.25) is 9.59 Å². The molecule has 2 saturated heterocycles. The number of piperidine rings is 1. The second-order valence-electron chi connectivity index (χ2n) is 7.82. The number of rotatable bonds is 6. The third-order valence-corrected chi connectivity index (χ3v) is 5.88. The van der Waals surface area contributed by atoms with Crippen LogP contribution in [0.5, 0.6) is 0 Å². The van der Waals surface area contributed by atoms with Crippen molar-refractivity contribution in [3.63, 3.8) is 0 Å². The van der Waals surface area contributed by atoms with E-state index in [1.807, 2.05) is 4.90 Å². The highest BCUT2D eigenvalue weighted by Gasteiger charge is 2.49. The molecular weight excluding hydrogens is 320 g/mol. The average molecular weight is 346 g/mol. The van der Waals surface area contributed by atoms with Crippen LogP contribution in [0.2, 0.25) is 0 Å². The van der Waals surface area contributed by atoms with Gasteiger partial charge < -0.3 is 9.80 Å². The Morgan fingerprint density at radius 1 is 1.28 bits per heavy atom. The first-order chi connectivity index (χ1) is 12.2. The van der Waals surface area contributed by atoms with Gasteiger partial charge in [-0.1, -0.05) is 0 Å². The van der Waals surface area contributed by atoms with Crippen LogP contribution in [-0.2, 0) is 16.1 Å². The van der Waals surface area contributed by atoms with Crippen molar-refractivity contribution in [1.29, 1.82) is 0 Å². The molecule has 3 heterocycles. The molecule has 1 atom stereocenters. The van der Waals surface area contributed by atoms with Gasteiger partial charge >= 0.3 is 0 Å². The number of hydrogen-bond acceptors (Lipinski definition) is 5. The third-order valence-electron chi connectivity index (χ3n) is 5.88. The molecule has 0 bridgehead atoms. The van der Waals surface area contributed by atoms with Gasteiger partial charge in [0.05, 0.1) is 5.41 Å². The number of aryl methyl sites for hydroxylation is 1. The Balaban J connectivity index is 1.30. The second kappa shape index (κ2) is 6.72. The quantitative estimate of drug-likeness (QED) is 0.757. The van der Waals surface area contributed by atoms with E-state index in [4.69, 9.17) is 0 Å². The fourth-order valence-corrected chi connectivity index (χ4v) is 4.24. The summed E-state index contributed by atoms with van der Waals surface area (Å²) in [5.41, 5.74) is -0.307. The van der Waals surface area contributed by atoms with Gasteiger partial charge in [0.1, 0.15) is 6.33 Å². The fraction of sp³-hybridized carbons (Fsp3) is 0.824. The molecule has 0 unspecified atom stereocenters. The van der Waals surface area contributed by atoms with Crippen LogP contribution in [0.15, 0.2) is 6.33 Å². The van der Waals surface area contributed by atoms with Gasteiger partial charge in [-0.25, -0.2) is 4.68 Å². The predicted molar refractivity (Wildman–Crippen MR) is 89.2 cm³/mol. The Labute approximate surface area is 147 Å². The summed E-state index contributed by atoms with van der Waals surface area (Å²) in [5, 5.41) is 11.0. The van der Waals surface area contributed by atoms with E-state index in [9.17, 15) is 9.59 Å². The molecule has 25 heavy (non-hydrogen) atoms. The van der Waals surface area contributed by atoms with Crippen LogP contribution < -0.4 is 0 Å². The maximum Gasteiger partial charge on any atom is 0.230 e. The summed E-state index contributed by atoms with van der Waals surface area (Å²) >= 11 is 0. The highest BCUT2D eigenvalue weighted by atomic mass is 16.2. The topological polar surface area (TPSA) is 84.2 Å². The Morgan fingerprint density at radius 3 is 2.92 bits per heavy atom. The van der Waals surface area contributed by atoms with Gasteiger partial charge in [0.2, 0.25) is 11.8 Å². The molecule has 1 aromatic heterocycles. The first-order valence-electron chi connectivity index (χ1n) is 9.44. The molecular formula is C17H26N6O2. The molecule has 1 saturated carbocycles. The number of nitrogens with zero attached hydrogens (tertiary/aromatic N) is 6. The molecule has 8 heteroatoms. The predicted octanol–water partition coefficient (Wildman–Crippen LogP) is 0.704. The number of aromatic nitrogens is 4. The zero-order valence-corrected chi connectivity index (χ0v) is 14.6. The van der Waals surface area contributed by atoms with Crippen molar-refractivity contribution in [2.75, 3.05) is 26.2 Å². The van der Waals surface area contributed by atoms with Gasteiger partial charge in [0.15, 0.2) is 0 Å². The van der Waals surface area contributed by atoms with Crippen LogP contribution in [-0.4, -0.2) is 68.0 Å². The van der Waals surface area contributed by atoms with E-state index in [-0.39, 0.29) is 11.3 Å². The number of likely N-dealkylation sites (tertiary alicyclic amines) is 2. The average Bonchev–Trinajstić information content (AvgIpc) is 3.10. The Morgan fingerprint density at radius 2 is 2.16 bits per heavy atom. The molecule has 2 amide bonds. The highest BCUT2D eigenvalue weighted by Crippen LogP contribution is 2.41. The van der Waals surface area contributed by atoms with Crippen molar-refractivity contribution in [3.05, 3.63) is 6.33 Å². The molecule has 0 radical (unpaired) electrons. The van der Waals surface area contributed by atoms with Crippen LogP contribution in [0.1, 0.15) is 44.9 Å². The van der Waals surface area contributed by atoms with Gasteiger partial charge in [-0.15, -0.1) is 5.10 Å². The number of amides is 2. The first kappa shape index (κ1) is 16.5. The maximum atomic E-state index is 13.0. The van der Waals surface area contributed by atoms with Gasteiger partial charge in [0, 0.05) is 39.1 Å². The second-order valence-corrected chi connectivity index (χ2v) is 7.82. The minimum Gasteiger partial charge on any atom is -0.342 e. The summed E-state index contributed by atoms with van der Waals surface area (Å²) in [4.78, 5) is 29.5. The fourth-order valence-electron chi connectivity index (χ4n) is 4.24. The number of hydrogen-bond donors (Lipinski definition) is 0. The van der Waals surface area contributed by atoms with E-state index >= 15 is 0 Å². The molecule has 136 valence electrons. The zero-order valence-electron chi connectivity index (χ0n) is 14.6. The summed E-state index contributed by atoms with van der Waals surface area (Å²) in [6, 6.07) is 0. The van der Waals surface area contributed by atoms with Crippen LogP contribution in [0, 0.1) is 11.3 Å². The van der Waals surface area contributed by atoms with Crippen molar-refractivity contribution < 1.29 is 9.59 Å². The van der Waals surface area contributed by atoms with Crippen molar-refractivity contribution in [2.45, 2.75) is 51.5 Å². The lowest BCUT2D eigenvalue weighted by Gasteiger charge is -2.39. The summed E-state index contributed by atoms with van der Waals surface area (Å²) in [5.74, 6) is 1.18. The normalized spacial score (nSPS) is 26.6. The molecule has 1 spiro atoms. The van der Waals surface area contributed by atoms with E-state index < -0.39 is 0 Å². The smallest absolute Gasteiger partial charge is 0.230 e. The molecule has 1 aromatic rings. The van der Waals surface area contributed by atoms with E-state index in [2.05, 4.69) is 20.4 Å². The zero-order chi connectivity index (χ0) is 17.3. The molecule has 1 aliphatic carbocycles. The molecule has 3 aliphatic rings. The van der Waals surface area contributed by atoms with Crippen LogP contribution >= 0.6 is 0 Å². The summed E-state index contributed by atoms with van der Waals surface area (Å²) in [6.45, 7) is 3.80.